The number of alkyl halides is 2. The molecule has 0 aliphatic carbocycles. The molecule has 2 heterocycles. The van der Waals surface area contributed by atoms with Crippen LogP contribution in [0.2, 0.25) is 0 Å². The van der Waals surface area contributed by atoms with E-state index < -0.39 is 16.6 Å². The van der Waals surface area contributed by atoms with Crippen molar-refractivity contribution >= 4 is 10.0 Å². The van der Waals surface area contributed by atoms with Gasteiger partial charge in [0.05, 0.1) is 12.3 Å². The Bertz CT molecular complexity index is 803. The average Bonchev–Trinajstić information content (AvgIpc) is 3.10. The van der Waals surface area contributed by atoms with Gasteiger partial charge < -0.3 is 0 Å². The first-order valence-electron chi connectivity index (χ1n) is 8.50. The second-order valence-electron chi connectivity index (χ2n) is 6.26. The summed E-state index contributed by atoms with van der Waals surface area (Å²) in [5.41, 5.74) is 0.994. The standard InChI is InChI=1S/C17H22F2N4O2S/c18-17(19)23-8-7-20-16(23)14-21-9-11-22(12-10-21)26(24,25)13-6-15-4-2-1-3-5-15/h1-5,7-8,17H,6,9-14H2. The molecule has 0 unspecified atom stereocenters. The van der Waals surface area contributed by atoms with Gasteiger partial charge in [-0.05, 0) is 12.0 Å². The zero-order valence-electron chi connectivity index (χ0n) is 14.3. The summed E-state index contributed by atoms with van der Waals surface area (Å²) in [7, 11) is -3.32. The molecule has 0 amide bonds. The lowest BCUT2D eigenvalue weighted by molar-refractivity contribution is 0.0626. The topological polar surface area (TPSA) is 58.4 Å². The molecule has 0 N–H and O–H groups in total. The van der Waals surface area contributed by atoms with Crippen molar-refractivity contribution in [1.82, 2.24) is 18.8 Å². The van der Waals surface area contributed by atoms with Gasteiger partial charge in [-0.1, -0.05) is 30.3 Å². The summed E-state index contributed by atoms with van der Waals surface area (Å²) in [6.45, 7) is -0.595. The van der Waals surface area contributed by atoms with E-state index in [4.69, 9.17) is 0 Å². The van der Waals surface area contributed by atoms with E-state index in [1.165, 1.54) is 16.7 Å². The normalized spacial score (nSPS) is 17.0. The van der Waals surface area contributed by atoms with Crippen LogP contribution in [0.15, 0.2) is 42.7 Å². The Hall–Kier alpha value is -1.84. The minimum Gasteiger partial charge on any atom is -0.293 e. The number of halogens is 2. The fourth-order valence-electron chi connectivity index (χ4n) is 3.03. The third-order valence-electron chi connectivity index (χ3n) is 4.54. The Morgan fingerprint density at radius 3 is 2.42 bits per heavy atom. The number of aromatic nitrogens is 2. The van der Waals surface area contributed by atoms with Crippen LogP contribution in [0, 0.1) is 0 Å². The van der Waals surface area contributed by atoms with Crippen LogP contribution in [0.1, 0.15) is 17.9 Å². The van der Waals surface area contributed by atoms with E-state index in [0.29, 0.717) is 38.4 Å². The van der Waals surface area contributed by atoms with E-state index in [1.807, 2.05) is 35.2 Å². The number of hydrogen-bond acceptors (Lipinski definition) is 4. The first-order valence-corrected chi connectivity index (χ1v) is 10.1. The van der Waals surface area contributed by atoms with Crippen molar-refractivity contribution in [3.05, 3.63) is 54.1 Å². The number of sulfonamides is 1. The highest BCUT2D eigenvalue weighted by atomic mass is 32.2. The molecule has 9 heteroatoms. The van der Waals surface area contributed by atoms with Crippen LogP contribution in [-0.2, 0) is 23.0 Å². The predicted octanol–water partition coefficient (Wildman–Crippen LogP) is 1.97. The van der Waals surface area contributed by atoms with Crippen molar-refractivity contribution in [2.75, 3.05) is 31.9 Å². The molecular weight excluding hydrogens is 362 g/mol. The molecule has 26 heavy (non-hydrogen) atoms. The Morgan fingerprint density at radius 1 is 1.08 bits per heavy atom. The van der Waals surface area contributed by atoms with Crippen LogP contribution in [0.4, 0.5) is 8.78 Å². The van der Waals surface area contributed by atoms with E-state index in [0.717, 1.165) is 10.1 Å². The Balaban J connectivity index is 1.52. The van der Waals surface area contributed by atoms with Gasteiger partial charge in [0.1, 0.15) is 5.82 Å². The monoisotopic (exact) mass is 384 g/mol. The average molecular weight is 384 g/mol. The first kappa shape index (κ1) is 18.9. The molecule has 142 valence electrons. The van der Waals surface area contributed by atoms with Crippen molar-refractivity contribution in [3.8, 4) is 0 Å². The van der Waals surface area contributed by atoms with Crippen molar-refractivity contribution in [3.63, 3.8) is 0 Å². The van der Waals surface area contributed by atoms with Gasteiger partial charge in [0.15, 0.2) is 0 Å². The lowest BCUT2D eigenvalue weighted by Gasteiger charge is -2.33. The minimum atomic E-state index is -3.32. The van der Waals surface area contributed by atoms with E-state index in [2.05, 4.69) is 4.98 Å². The first-order chi connectivity index (χ1) is 12.5. The van der Waals surface area contributed by atoms with Gasteiger partial charge >= 0.3 is 6.55 Å². The summed E-state index contributed by atoms with van der Waals surface area (Å²) < 4.78 is 53.1. The van der Waals surface area contributed by atoms with Gasteiger partial charge in [-0.2, -0.15) is 13.1 Å². The highest BCUT2D eigenvalue weighted by molar-refractivity contribution is 7.89. The number of aryl methyl sites for hydroxylation is 1. The summed E-state index contributed by atoms with van der Waals surface area (Å²) in [5.74, 6) is 0.368. The second kappa shape index (κ2) is 8.24. The van der Waals surface area contributed by atoms with E-state index >= 15 is 0 Å². The van der Waals surface area contributed by atoms with Crippen LogP contribution in [-0.4, -0.2) is 59.1 Å². The zero-order chi connectivity index (χ0) is 18.6. The van der Waals surface area contributed by atoms with Gasteiger partial charge in [0, 0.05) is 38.6 Å². The van der Waals surface area contributed by atoms with Crippen molar-refractivity contribution < 1.29 is 17.2 Å². The van der Waals surface area contributed by atoms with Crippen LogP contribution < -0.4 is 0 Å². The van der Waals surface area contributed by atoms with Crippen molar-refractivity contribution in [2.24, 2.45) is 0 Å². The summed E-state index contributed by atoms with van der Waals surface area (Å²) in [6.07, 6.45) is 3.09. The molecular formula is C17H22F2N4O2S. The third-order valence-corrected chi connectivity index (χ3v) is 6.41. The largest absolute Gasteiger partial charge is 0.319 e. The molecule has 2 aromatic rings. The number of nitrogens with zero attached hydrogens (tertiary/aromatic N) is 4. The Kier molecular flexibility index (Phi) is 6.00. The molecule has 0 bridgehead atoms. The quantitative estimate of drug-likeness (QED) is 0.732. The summed E-state index contributed by atoms with van der Waals surface area (Å²) in [6, 6.07) is 9.52. The molecule has 1 aromatic heterocycles. The number of hydrogen-bond donors (Lipinski definition) is 0. The number of rotatable bonds is 7. The molecule has 0 atom stereocenters. The maximum absolute atomic E-state index is 12.9. The fraction of sp³-hybridized carbons (Fsp3) is 0.471. The molecule has 1 saturated heterocycles. The molecule has 3 rings (SSSR count). The van der Waals surface area contributed by atoms with E-state index in [1.54, 1.807) is 0 Å². The molecule has 0 radical (unpaired) electrons. The van der Waals surface area contributed by atoms with Crippen molar-refractivity contribution in [2.45, 2.75) is 19.5 Å². The van der Waals surface area contributed by atoms with Crippen molar-refractivity contribution in [1.29, 1.82) is 0 Å². The smallest absolute Gasteiger partial charge is 0.293 e. The lowest BCUT2D eigenvalue weighted by Crippen LogP contribution is -2.49. The lowest BCUT2D eigenvalue weighted by atomic mass is 10.2. The molecule has 0 spiro atoms. The maximum Gasteiger partial charge on any atom is 0.319 e. The zero-order valence-corrected chi connectivity index (χ0v) is 15.2. The molecule has 1 aliphatic heterocycles. The minimum absolute atomic E-state index is 0.0762. The SMILES string of the molecule is O=S(=O)(CCc1ccccc1)N1CCN(Cc2nccn2C(F)F)CC1. The summed E-state index contributed by atoms with van der Waals surface area (Å²) in [5, 5.41) is 0. The molecule has 0 saturated carbocycles. The van der Waals surface area contributed by atoms with E-state index in [9.17, 15) is 17.2 Å². The molecule has 1 aliphatic rings. The maximum atomic E-state index is 12.9. The molecule has 6 nitrogen and oxygen atoms in total. The fourth-order valence-corrected chi connectivity index (χ4v) is 4.50. The Labute approximate surface area is 152 Å². The van der Waals surface area contributed by atoms with Gasteiger partial charge in [-0.3, -0.25) is 9.47 Å². The number of benzene rings is 1. The third kappa shape index (κ3) is 4.66. The second-order valence-corrected chi connectivity index (χ2v) is 8.34. The highest BCUT2D eigenvalue weighted by Gasteiger charge is 2.27. The van der Waals surface area contributed by atoms with Gasteiger partial charge in [-0.15, -0.1) is 0 Å². The van der Waals surface area contributed by atoms with Crippen LogP contribution in [0.25, 0.3) is 0 Å². The van der Waals surface area contributed by atoms with Crippen LogP contribution in [0.3, 0.4) is 0 Å². The van der Waals surface area contributed by atoms with E-state index in [-0.39, 0.29) is 12.3 Å². The van der Waals surface area contributed by atoms with Crippen LogP contribution >= 0.6 is 0 Å². The highest BCUT2D eigenvalue weighted by Crippen LogP contribution is 2.16. The predicted molar refractivity (Wildman–Crippen MR) is 94.3 cm³/mol. The Morgan fingerprint density at radius 2 is 1.77 bits per heavy atom. The molecule has 1 fully saturated rings. The summed E-state index contributed by atoms with van der Waals surface area (Å²) >= 11 is 0. The van der Waals surface area contributed by atoms with Crippen LogP contribution in [0.5, 0.6) is 0 Å². The van der Waals surface area contributed by atoms with Gasteiger partial charge in [-0.25, -0.2) is 13.4 Å². The summed E-state index contributed by atoms with van der Waals surface area (Å²) in [4.78, 5) is 5.92. The molecule has 1 aromatic carbocycles. The van der Waals surface area contributed by atoms with Gasteiger partial charge in [0.2, 0.25) is 10.0 Å². The van der Waals surface area contributed by atoms with Gasteiger partial charge in [0.25, 0.3) is 0 Å². The number of piperazine rings is 1. The number of imidazole rings is 1.